The molecule has 0 spiro atoms. The van der Waals surface area contributed by atoms with Gasteiger partial charge in [-0.05, 0) is 18.6 Å². The highest BCUT2D eigenvalue weighted by atomic mass is 35.5. The van der Waals surface area contributed by atoms with Crippen LogP contribution in [0.15, 0.2) is 12.3 Å². The minimum Gasteiger partial charge on any atom is -0.377 e. The Morgan fingerprint density at radius 2 is 2.36 bits per heavy atom. The molecule has 0 saturated carbocycles. The van der Waals surface area contributed by atoms with Crippen molar-refractivity contribution in [1.29, 1.82) is 0 Å². The van der Waals surface area contributed by atoms with E-state index in [1.165, 1.54) is 0 Å². The van der Waals surface area contributed by atoms with E-state index >= 15 is 0 Å². The van der Waals surface area contributed by atoms with E-state index in [9.17, 15) is 0 Å². The van der Waals surface area contributed by atoms with Crippen LogP contribution >= 0.6 is 11.6 Å². The second-order valence-electron chi connectivity index (χ2n) is 3.04. The third-order valence-electron chi connectivity index (χ3n) is 1.96. The molecule has 0 N–H and O–H groups in total. The van der Waals surface area contributed by atoms with Gasteiger partial charge in [0.25, 0.3) is 0 Å². The van der Waals surface area contributed by atoms with Crippen molar-refractivity contribution in [3.8, 4) is 0 Å². The topological polar surface area (TPSA) is 39.4 Å². The first kappa shape index (κ1) is 9.43. The van der Waals surface area contributed by atoms with Crippen LogP contribution < -0.4 is 0 Å². The summed E-state index contributed by atoms with van der Waals surface area (Å²) in [5, 5.41) is 4.84. The molecule has 0 amide bonds. The molecule has 5 heteroatoms. The molecule has 0 aliphatic carbocycles. The molecule has 14 heavy (non-hydrogen) atoms. The van der Waals surface area contributed by atoms with Crippen LogP contribution in [0, 0.1) is 6.92 Å². The van der Waals surface area contributed by atoms with E-state index in [-0.39, 0.29) is 0 Å². The number of aromatic nitrogens is 3. The van der Waals surface area contributed by atoms with Crippen molar-refractivity contribution < 1.29 is 4.74 Å². The fraction of sp³-hybridized carbons (Fsp3) is 0.333. The Morgan fingerprint density at radius 3 is 3.07 bits per heavy atom. The number of halogens is 1. The Kier molecular flexibility index (Phi) is 2.39. The number of ether oxygens (including phenoxy) is 1. The van der Waals surface area contributed by atoms with Gasteiger partial charge in [-0.25, -0.2) is 9.50 Å². The number of rotatable bonds is 2. The molecular formula is C9H10ClN3O. The average Bonchev–Trinajstić information content (AvgIpc) is 2.56. The zero-order valence-corrected chi connectivity index (χ0v) is 8.75. The fourth-order valence-electron chi connectivity index (χ4n) is 1.24. The SMILES string of the molecule is COCc1nc2c(Cl)c(C)ccn2n1. The van der Waals surface area contributed by atoms with Crippen molar-refractivity contribution in [1.82, 2.24) is 14.6 Å². The van der Waals surface area contributed by atoms with Gasteiger partial charge >= 0.3 is 0 Å². The Morgan fingerprint density at radius 1 is 1.57 bits per heavy atom. The first-order chi connectivity index (χ1) is 6.72. The van der Waals surface area contributed by atoms with Gasteiger partial charge in [0, 0.05) is 13.3 Å². The largest absolute Gasteiger partial charge is 0.377 e. The number of hydrogen-bond acceptors (Lipinski definition) is 3. The Hall–Kier alpha value is -1.13. The van der Waals surface area contributed by atoms with Gasteiger partial charge in [-0.2, -0.15) is 0 Å². The lowest BCUT2D eigenvalue weighted by molar-refractivity contribution is 0.178. The summed E-state index contributed by atoms with van der Waals surface area (Å²) in [4.78, 5) is 4.26. The molecule has 2 heterocycles. The maximum Gasteiger partial charge on any atom is 0.177 e. The monoisotopic (exact) mass is 211 g/mol. The van der Waals surface area contributed by atoms with E-state index in [1.807, 2.05) is 19.2 Å². The summed E-state index contributed by atoms with van der Waals surface area (Å²) in [6.07, 6.45) is 1.84. The molecular weight excluding hydrogens is 202 g/mol. The van der Waals surface area contributed by atoms with Gasteiger partial charge in [0.2, 0.25) is 0 Å². The number of fused-ring (bicyclic) bond motifs is 1. The van der Waals surface area contributed by atoms with Crippen LogP contribution in [0.4, 0.5) is 0 Å². The summed E-state index contributed by atoms with van der Waals surface area (Å²) < 4.78 is 6.60. The molecule has 0 aromatic carbocycles. The van der Waals surface area contributed by atoms with Gasteiger partial charge in [-0.1, -0.05) is 11.6 Å². The lowest BCUT2D eigenvalue weighted by Gasteiger charge is -1.96. The van der Waals surface area contributed by atoms with Crippen molar-refractivity contribution >= 4 is 17.2 Å². The molecule has 0 atom stereocenters. The van der Waals surface area contributed by atoms with Crippen molar-refractivity contribution in [2.24, 2.45) is 0 Å². The van der Waals surface area contributed by atoms with Crippen LogP contribution in [0.2, 0.25) is 5.02 Å². The number of hydrogen-bond donors (Lipinski definition) is 0. The number of nitrogens with zero attached hydrogens (tertiary/aromatic N) is 3. The minimum absolute atomic E-state index is 0.400. The average molecular weight is 212 g/mol. The maximum atomic E-state index is 6.08. The van der Waals surface area contributed by atoms with Crippen LogP contribution in [0.3, 0.4) is 0 Å². The summed E-state index contributed by atoms with van der Waals surface area (Å²) in [5.41, 5.74) is 1.68. The van der Waals surface area contributed by atoms with E-state index in [0.29, 0.717) is 23.1 Å². The molecule has 0 radical (unpaired) electrons. The van der Waals surface area contributed by atoms with Crippen molar-refractivity contribution in [2.75, 3.05) is 7.11 Å². The van der Waals surface area contributed by atoms with Crippen molar-refractivity contribution in [3.05, 3.63) is 28.7 Å². The number of aryl methyl sites for hydroxylation is 1. The van der Waals surface area contributed by atoms with Crippen LogP contribution in [0.1, 0.15) is 11.4 Å². The highest BCUT2D eigenvalue weighted by molar-refractivity contribution is 6.34. The summed E-state index contributed by atoms with van der Waals surface area (Å²) in [6.45, 7) is 2.34. The van der Waals surface area contributed by atoms with E-state index in [1.54, 1.807) is 11.6 Å². The van der Waals surface area contributed by atoms with E-state index in [4.69, 9.17) is 16.3 Å². The number of pyridine rings is 1. The molecule has 2 aromatic heterocycles. The van der Waals surface area contributed by atoms with E-state index in [2.05, 4.69) is 10.1 Å². The third-order valence-corrected chi connectivity index (χ3v) is 2.42. The van der Waals surface area contributed by atoms with Gasteiger partial charge in [0.1, 0.15) is 6.61 Å². The first-order valence-corrected chi connectivity index (χ1v) is 4.59. The van der Waals surface area contributed by atoms with Gasteiger partial charge in [-0.15, -0.1) is 5.10 Å². The zero-order chi connectivity index (χ0) is 10.1. The smallest absolute Gasteiger partial charge is 0.177 e. The zero-order valence-electron chi connectivity index (χ0n) is 7.99. The predicted octanol–water partition coefficient (Wildman–Crippen LogP) is 1.84. The normalized spacial score (nSPS) is 11.1. The van der Waals surface area contributed by atoms with E-state index in [0.717, 1.165) is 5.56 Å². The molecule has 2 aromatic rings. The second-order valence-corrected chi connectivity index (χ2v) is 3.42. The molecule has 0 aliphatic rings. The van der Waals surface area contributed by atoms with Crippen LogP contribution in [-0.2, 0) is 11.3 Å². The lowest BCUT2D eigenvalue weighted by Crippen LogP contribution is -1.91. The fourth-order valence-corrected chi connectivity index (χ4v) is 1.44. The molecule has 0 saturated heterocycles. The molecule has 2 rings (SSSR count). The highest BCUT2D eigenvalue weighted by Crippen LogP contribution is 2.19. The van der Waals surface area contributed by atoms with Gasteiger partial charge in [-0.3, -0.25) is 0 Å². The van der Waals surface area contributed by atoms with Crippen LogP contribution in [-0.4, -0.2) is 21.7 Å². The molecule has 74 valence electrons. The van der Waals surface area contributed by atoms with Gasteiger partial charge < -0.3 is 4.74 Å². The summed E-state index contributed by atoms with van der Waals surface area (Å²) in [7, 11) is 1.61. The molecule has 0 unspecified atom stereocenters. The molecule has 0 aliphatic heterocycles. The Balaban J connectivity index is 2.59. The lowest BCUT2D eigenvalue weighted by atomic mass is 10.3. The second kappa shape index (κ2) is 3.55. The van der Waals surface area contributed by atoms with Crippen LogP contribution in [0.25, 0.3) is 5.65 Å². The van der Waals surface area contributed by atoms with Crippen molar-refractivity contribution in [3.63, 3.8) is 0 Å². The third kappa shape index (κ3) is 1.47. The van der Waals surface area contributed by atoms with Crippen molar-refractivity contribution in [2.45, 2.75) is 13.5 Å². The summed E-state index contributed by atoms with van der Waals surface area (Å²) >= 11 is 6.08. The minimum atomic E-state index is 0.400. The van der Waals surface area contributed by atoms with Crippen LogP contribution in [0.5, 0.6) is 0 Å². The molecule has 0 bridgehead atoms. The standard InChI is InChI=1S/C9H10ClN3O/c1-6-3-4-13-9(8(6)10)11-7(12-13)5-14-2/h3-4H,5H2,1-2H3. The highest BCUT2D eigenvalue weighted by Gasteiger charge is 2.07. The first-order valence-electron chi connectivity index (χ1n) is 4.21. The quantitative estimate of drug-likeness (QED) is 0.761. The summed E-state index contributed by atoms with van der Waals surface area (Å²) in [5.74, 6) is 0.639. The Labute approximate surface area is 86.5 Å². The van der Waals surface area contributed by atoms with Gasteiger partial charge in [0.15, 0.2) is 11.5 Å². The summed E-state index contributed by atoms with van der Waals surface area (Å²) in [6, 6.07) is 1.90. The Bertz CT molecular complexity index is 466. The maximum absolute atomic E-state index is 6.08. The van der Waals surface area contributed by atoms with Gasteiger partial charge in [0.05, 0.1) is 5.02 Å². The number of methoxy groups -OCH3 is 1. The molecule has 0 fully saturated rings. The predicted molar refractivity (Wildman–Crippen MR) is 53.4 cm³/mol. The van der Waals surface area contributed by atoms with E-state index < -0.39 is 0 Å². The molecule has 4 nitrogen and oxygen atoms in total.